The number of carbonyl (C=O) groups is 1. The highest BCUT2D eigenvalue weighted by Crippen LogP contribution is 2.23. The summed E-state index contributed by atoms with van der Waals surface area (Å²) in [5.74, 6) is -0.220. The Labute approximate surface area is 93.2 Å². The Bertz CT molecular complexity index is 319. The lowest BCUT2D eigenvalue weighted by atomic mass is 10.2. The molecule has 0 aliphatic rings. The van der Waals surface area contributed by atoms with E-state index < -0.39 is 0 Å². The molecule has 0 heterocycles. The lowest BCUT2D eigenvalue weighted by Gasteiger charge is -2.06. The molecule has 1 rings (SSSR count). The van der Waals surface area contributed by atoms with Gasteiger partial charge in [0.1, 0.15) is 0 Å². The molecule has 4 heteroatoms. The molecular formula is C10H11Cl2NO. The van der Waals surface area contributed by atoms with Crippen molar-refractivity contribution in [1.29, 1.82) is 0 Å². The number of rotatable bonds is 3. The van der Waals surface area contributed by atoms with Crippen LogP contribution in [-0.2, 0) is 0 Å². The van der Waals surface area contributed by atoms with Crippen molar-refractivity contribution in [3.05, 3.63) is 33.8 Å². The Balaban J connectivity index is 2.89. The fraction of sp³-hybridized carbons (Fsp3) is 0.300. The zero-order valence-corrected chi connectivity index (χ0v) is 9.32. The van der Waals surface area contributed by atoms with E-state index in [1.807, 2.05) is 6.92 Å². The lowest BCUT2D eigenvalue weighted by molar-refractivity contribution is 0.0954. The van der Waals surface area contributed by atoms with Crippen LogP contribution in [-0.4, -0.2) is 12.5 Å². The summed E-state index contributed by atoms with van der Waals surface area (Å²) in [6.07, 6.45) is 0.883. The van der Waals surface area contributed by atoms with Crippen LogP contribution in [0.15, 0.2) is 18.2 Å². The first-order valence-corrected chi connectivity index (χ1v) is 5.14. The maximum Gasteiger partial charge on any atom is 0.254 e. The van der Waals surface area contributed by atoms with Crippen molar-refractivity contribution >= 4 is 29.1 Å². The largest absolute Gasteiger partial charge is 0.352 e. The molecule has 0 spiro atoms. The number of carbonyl (C=O) groups excluding carboxylic acids is 1. The first-order valence-electron chi connectivity index (χ1n) is 4.39. The average Bonchev–Trinajstić information content (AvgIpc) is 2.14. The summed E-state index contributed by atoms with van der Waals surface area (Å²) in [4.78, 5) is 11.6. The standard InChI is InChI=1S/C10H11Cl2NO/c1-2-6-13-10(14)9-7(11)4-3-5-8(9)12/h3-5H,2,6H2,1H3,(H,13,14). The number of benzene rings is 1. The molecule has 0 aliphatic heterocycles. The van der Waals surface area contributed by atoms with Crippen LogP contribution in [0.1, 0.15) is 23.7 Å². The third kappa shape index (κ3) is 2.63. The minimum atomic E-state index is -0.220. The Morgan fingerprint density at radius 2 is 1.93 bits per heavy atom. The Morgan fingerprint density at radius 3 is 2.43 bits per heavy atom. The van der Waals surface area contributed by atoms with Gasteiger partial charge in [0.2, 0.25) is 0 Å². The van der Waals surface area contributed by atoms with E-state index in [2.05, 4.69) is 5.32 Å². The molecule has 1 aromatic carbocycles. The van der Waals surface area contributed by atoms with Gasteiger partial charge in [-0.25, -0.2) is 0 Å². The maximum absolute atomic E-state index is 11.6. The topological polar surface area (TPSA) is 29.1 Å². The molecule has 0 saturated carbocycles. The Hall–Kier alpha value is -0.730. The highest BCUT2D eigenvalue weighted by atomic mass is 35.5. The number of hydrogen-bond donors (Lipinski definition) is 1. The normalized spacial score (nSPS) is 9.93. The first kappa shape index (κ1) is 11.3. The van der Waals surface area contributed by atoms with Crippen molar-refractivity contribution in [2.75, 3.05) is 6.54 Å². The van der Waals surface area contributed by atoms with Gasteiger partial charge >= 0.3 is 0 Å². The van der Waals surface area contributed by atoms with E-state index in [1.54, 1.807) is 18.2 Å². The van der Waals surface area contributed by atoms with Gasteiger partial charge in [0, 0.05) is 6.54 Å². The predicted molar refractivity (Wildman–Crippen MR) is 59.1 cm³/mol. The lowest BCUT2D eigenvalue weighted by Crippen LogP contribution is -2.24. The molecule has 0 fully saturated rings. The molecule has 1 aromatic rings. The van der Waals surface area contributed by atoms with Crippen LogP contribution >= 0.6 is 23.2 Å². The molecule has 76 valence electrons. The molecule has 0 aromatic heterocycles. The molecule has 0 aliphatic carbocycles. The van der Waals surface area contributed by atoms with E-state index in [0.717, 1.165) is 6.42 Å². The van der Waals surface area contributed by atoms with Crippen molar-refractivity contribution < 1.29 is 4.79 Å². The molecular weight excluding hydrogens is 221 g/mol. The van der Waals surface area contributed by atoms with Crippen LogP contribution in [0.2, 0.25) is 10.0 Å². The molecule has 0 radical (unpaired) electrons. The summed E-state index contributed by atoms with van der Waals surface area (Å²) in [7, 11) is 0. The summed E-state index contributed by atoms with van der Waals surface area (Å²) in [6, 6.07) is 5.00. The molecule has 1 N–H and O–H groups in total. The minimum absolute atomic E-state index is 0.220. The van der Waals surface area contributed by atoms with Gasteiger partial charge in [0.25, 0.3) is 5.91 Å². The molecule has 14 heavy (non-hydrogen) atoms. The number of halogens is 2. The van der Waals surface area contributed by atoms with E-state index >= 15 is 0 Å². The van der Waals surface area contributed by atoms with Gasteiger partial charge < -0.3 is 5.32 Å². The monoisotopic (exact) mass is 231 g/mol. The van der Waals surface area contributed by atoms with Gasteiger partial charge in [-0.2, -0.15) is 0 Å². The highest BCUT2D eigenvalue weighted by Gasteiger charge is 2.12. The summed E-state index contributed by atoms with van der Waals surface area (Å²) < 4.78 is 0. The Kier molecular flexibility index (Phi) is 4.23. The van der Waals surface area contributed by atoms with Gasteiger partial charge in [0.15, 0.2) is 0 Å². The van der Waals surface area contributed by atoms with E-state index in [9.17, 15) is 4.79 Å². The third-order valence-corrected chi connectivity index (χ3v) is 2.36. The summed E-state index contributed by atoms with van der Waals surface area (Å²) in [5.41, 5.74) is 0.351. The molecule has 0 unspecified atom stereocenters. The SMILES string of the molecule is CCCNC(=O)c1c(Cl)cccc1Cl. The van der Waals surface area contributed by atoms with Crippen molar-refractivity contribution in [3.8, 4) is 0 Å². The van der Waals surface area contributed by atoms with Crippen LogP contribution in [0.4, 0.5) is 0 Å². The summed E-state index contributed by atoms with van der Waals surface area (Å²) >= 11 is 11.7. The zero-order valence-electron chi connectivity index (χ0n) is 7.81. The smallest absolute Gasteiger partial charge is 0.254 e. The molecule has 0 saturated heterocycles. The van der Waals surface area contributed by atoms with Crippen molar-refractivity contribution in [2.24, 2.45) is 0 Å². The summed E-state index contributed by atoms with van der Waals surface area (Å²) in [5, 5.41) is 3.48. The van der Waals surface area contributed by atoms with Gasteiger partial charge in [-0.3, -0.25) is 4.79 Å². The summed E-state index contributed by atoms with van der Waals surface area (Å²) in [6.45, 7) is 2.61. The number of nitrogens with one attached hydrogen (secondary N) is 1. The van der Waals surface area contributed by atoms with E-state index in [0.29, 0.717) is 22.2 Å². The van der Waals surface area contributed by atoms with Crippen molar-refractivity contribution in [2.45, 2.75) is 13.3 Å². The van der Waals surface area contributed by atoms with Gasteiger partial charge in [-0.05, 0) is 18.6 Å². The molecule has 0 atom stereocenters. The fourth-order valence-corrected chi connectivity index (χ4v) is 1.61. The van der Waals surface area contributed by atoms with Crippen LogP contribution in [0.5, 0.6) is 0 Å². The van der Waals surface area contributed by atoms with Gasteiger partial charge in [-0.1, -0.05) is 36.2 Å². The van der Waals surface area contributed by atoms with Gasteiger partial charge in [0.05, 0.1) is 15.6 Å². The van der Waals surface area contributed by atoms with E-state index in [4.69, 9.17) is 23.2 Å². The molecule has 0 bridgehead atoms. The van der Waals surface area contributed by atoms with Crippen LogP contribution in [0.25, 0.3) is 0 Å². The van der Waals surface area contributed by atoms with E-state index in [-0.39, 0.29) is 5.91 Å². The number of amides is 1. The second kappa shape index (κ2) is 5.23. The quantitative estimate of drug-likeness (QED) is 0.852. The van der Waals surface area contributed by atoms with Crippen LogP contribution in [0, 0.1) is 0 Å². The molecule has 2 nitrogen and oxygen atoms in total. The van der Waals surface area contributed by atoms with Crippen LogP contribution < -0.4 is 5.32 Å². The third-order valence-electron chi connectivity index (χ3n) is 1.73. The maximum atomic E-state index is 11.6. The minimum Gasteiger partial charge on any atom is -0.352 e. The predicted octanol–water partition coefficient (Wildman–Crippen LogP) is 3.13. The van der Waals surface area contributed by atoms with E-state index in [1.165, 1.54) is 0 Å². The zero-order chi connectivity index (χ0) is 10.6. The van der Waals surface area contributed by atoms with Crippen molar-refractivity contribution in [3.63, 3.8) is 0 Å². The Morgan fingerprint density at radius 1 is 1.36 bits per heavy atom. The highest BCUT2D eigenvalue weighted by molar-refractivity contribution is 6.39. The second-order valence-corrected chi connectivity index (χ2v) is 3.67. The van der Waals surface area contributed by atoms with Crippen molar-refractivity contribution in [1.82, 2.24) is 5.32 Å². The molecule has 1 amide bonds. The second-order valence-electron chi connectivity index (χ2n) is 2.85. The fourth-order valence-electron chi connectivity index (χ4n) is 1.04. The first-order chi connectivity index (χ1) is 6.66. The van der Waals surface area contributed by atoms with Gasteiger partial charge in [-0.15, -0.1) is 0 Å². The van der Waals surface area contributed by atoms with Crippen LogP contribution in [0.3, 0.4) is 0 Å². The average molecular weight is 232 g/mol. The number of hydrogen-bond acceptors (Lipinski definition) is 1.